The first-order chi connectivity index (χ1) is 20.1. The van der Waals surface area contributed by atoms with Crippen LogP contribution in [0.2, 0.25) is 0 Å². The van der Waals surface area contributed by atoms with Gasteiger partial charge in [0.05, 0.1) is 31.6 Å². The number of nitrogens with zero attached hydrogens (tertiary/aromatic N) is 4. The van der Waals surface area contributed by atoms with Gasteiger partial charge in [0.15, 0.2) is 23.1 Å². The Labute approximate surface area is 250 Å². The Morgan fingerprint density at radius 2 is 2.12 bits per heavy atom. The van der Waals surface area contributed by atoms with Crippen LogP contribution in [0.25, 0.3) is 11.2 Å². The molecule has 2 aliphatic rings. The van der Waals surface area contributed by atoms with Gasteiger partial charge in [0.25, 0.3) is 0 Å². The highest BCUT2D eigenvalue weighted by molar-refractivity contribution is 8.56. The highest BCUT2D eigenvalue weighted by Gasteiger charge is 2.56. The number of rotatable bonds is 13. The number of alkyl halides is 1. The second-order valence-corrected chi connectivity index (χ2v) is 14.8. The molecule has 0 aliphatic carbocycles. The van der Waals surface area contributed by atoms with E-state index in [0.29, 0.717) is 11.4 Å². The number of fused-ring (bicyclic) bond motifs is 1. The molecular formula is C24H35FN7O9PS. The fourth-order valence-electron chi connectivity index (χ4n) is 4.50. The van der Waals surface area contributed by atoms with E-state index in [1.165, 1.54) is 17.8 Å². The number of halogens is 1. The van der Waals surface area contributed by atoms with Gasteiger partial charge in [-0.3, -0.25) is 28.8 Å². The summed E-state index contributed by atoms with van der Waals surface area (Å²) in [6.07, 6.45) is -3.85. The number of nitrogens with two attached hydrogens (primary N) is 1. The van der Waals surface area contributed by atoms with Crippen LogP contribution in [0.5, 0.6) is 5.88 Å². The van der Waals surface area contributed by atoms with Crippen LogP contribution in [0, 0.1) is 5.92 Å². The molecule has 4 heterocycles. The number of imidazole rings is 1. The molecular weight excluding hydrogens is 612 g/mol. The molecule has 0 radical (unpaired) electrons. The van der Waals surface area contributed by atoms with Crippen molar-refractivity contribution in [3.05, 3.63) is 6.33 Å². The Hall–Kier alpha value is -2.89. The number of esters is 1. The van der Waals surface area contributed by atoms with Gasteiger partial charge in [-0.1, -0.05) is 11.4 Å². The van der Waals surface area contributed by atoms with E-state index in [1.807, 2.05) is 0 Å². The van der Waals surface area contributed by atoms with E-state index in [0.717, 1.165) is 6.92 Å². The Balaban J connectivity index is 1.53. The molecule has 2 fully saturated rings. The minimum absolute atomic E-state index is 0.0877. The van der Waals surface area contributed by atoms with E-state index in [9.17, 15) is 24.1 Å². The first-order valence-corrected chi connectivity index (χ1v) is 16.7. The molecule has 19 heteroatoms. The van der Waals surface area contributed by atoms with Gasteiger partial charge in [-0.25, -0.2) is 14.5 Å². The number of carbonyl (C=O) groups is 3. The van der Waals surface area contributed by atoms with Crippen LogP contribution in [-0.2, 0) is 32.9 Å². The van der Waals surface area contributed by atoms with Gasteiger partial charge in [0.1, 0.15) is 18.2 Å². The standard InChI is InChI=1S/C24H35FN7O9PS/c1-6-38-20-16-18(29-23(26)30-20)32(10-27-16)22-24(5,25)17(34)14(41-22)8-39-42(37,31-12(4)21(36)40-11(2)3)43-9-13-7-15(33)28-19(13)35/h10-14,17,22,34H,6-9H2,1-5H3,(H,31,37)(H2,26,29,30)(H,28,33,35)/t12-,13?,14+,17+,22?,24+,42?/m0/s1. The summed E-state index contributed by atoms with van der Waals surface area (Å²) in [6, 6.07) is -1.10. The maximum atomic E-state index is 16.0. The van der Waals surface area contributed by atoms with E-state index in [-0.39, 0.29) is 41.8 Å². The van der Waals surface area contributed by atoms with Gasteiger partial charge >= 0.3 is 12.7 Å². The lowest BCUT2D eigenvalue weighted by atomic mass is 9.98. The zero-order valence-electron chi connectivity index (χ0n) is 24.2. The third kappa shape index (κ3) is 7.26. The molecule has 5 N–H and O–H groups in total. The number of aliphatic hydroxyl groups is 1. The van der Waals surface area contributed by atoms with Crippen molar-refractivity contribution >= 4 is 53.0 Å². The summed E-state index contributed by atoms with van der Waals surface area (Å²) in [5.74, 6) is -2.61. The van der Waals surface area contributed by atoms with Gasteiger partial charge in [0.2, 0.25) is 23.6 Å². The molecule has 7 atom stereocenters. The summed E-state index contributed by atoms with van der Waals surface area (Å²) < 4.78 is 53.4. The van der Waals surface area contributed by atoms with E-state index >= 15 is 4.39 Å². The van der Waals surface area contributed by atoms with Crippen molar-refractivity contribution in [2.75, 3.05) is 24.7 Å². The molecule has 238 valence electrons. The van der Waals surface area contributed by atoms with Crippen molar-refractivity contribution in [2.45, 2.75) is 77.3 Å². The Morgan fingerprint density at radius 1 is 1.40 bits per heavy atom. The van der Waals surface area contributed by atoms with Crippen LogP contribution >= 0.6 is 18.1 Å². The Morgan fingerprint density at radius 3 is 2.74 bits per heavy atom. The number of hydrogen-bond acceptors (Lipinski definition) is 14. The van der Waals surface area contributed by atoms with Crippen LogP contribution < -0.4 is 20.9 Å². The average Bonchev–Trinajstić information content (AvgIpc) is 3.54. The number of amides is 2. The van der Waals surface area contributed by atoms with Crippen LogP contribution in [0.4, 0.5) is 10.3 Å². The van der Waals surface area contributed by atoms with Crippen molar-refractivity contribution in [2.24, 2.45) is 5.92 Å². The van der Waals surface area contributed by atoms with Crippen molar-refractivity contribution < 1.29 is 47.2 Å². The SMILES string of the molecule is CCOc1nc(N)nc2c1ncn2C1O[C@H](COP(=O)(N[C@@H](C)C(=O)OC(C)C)SCC2CC(=O)NC2=O)[C@@H](O)[C@@]1(C)F. The molecule has 2 aliphatic heterocycles. The molecule has 0 saturated carbocycles. The molecule has 0 bridgehead atoms. The van der Waals surface area contributed by atoms with Gasteiger partial charge in [-0.05, 0) is 34.6 Å². The van der Waals surface area contributed by atoms with Crippen molar-refractivity contribution in [1.82, 2.24) is 29.9 Å². The number of imide groups is 1. The number of carbonyl (C=O) groups excluding carboxylic acids is 3. The first kappa shape index (κ1) is 33.0. The fourth-order valence-corrected chi connectivity index (χ4v) is 8.53. The Bertz CT molecular complexity index is 1430. The van der Waals surface area contributed by atoms with E-state index in [1.54, 1.807) is 20.8 Å². The molecule has 2 saturated heterocycles. The molecule has 4 rings (SSSR count). The predicted octanol–water partition coefficient (Wildman–Crippen LogP) is 1.24. The van der Waals surface area contributed by atoms with Crippen LogP contribution in [0.15, 0.2) is 6.33 Å². The zero-order valence-corrected chi connectivity index (χ0v) is 25.9. The maximum Gasteiger partial charge on any atom is 0.327 e. The Kier molecular flexibility index (Phi) is 9.98. The largest absolute Gasteiger partial charge is 0.476 e. The van der Waals surface area contributed by atoms with Gasteiger partial charge in [0, 0.05) is 12.2 Å². The first-order valence-electron chi connectivity index (χ1n) is 13.5. The van der Waals surface area contributed by atoms with E-state index < -0.39 is 73.3 Å². The number of aromatic nitrogens is 4. The van der Waals surface area contributed by atoms with E-state index in [4.69, 9.17) is 24.5 Å². The lowest BCUT2D eigenvalue weighted by Crippen LogP contribution is -2.41. The van der Waals surface area contributed by atoms with Crippen LogP contribution in [0.3, 0.4) is 0 Å². The van der Waals surface area contributed by atoms with Crippen LogP contribution in [0.1, 0.15) is 47.3 Å². The van der Waals surface area contributed by atoms with Crippen molar-refractivity contribution in [3.8, 4) is 5.88 Å². The molecule has 2 amide bonds. The molecule has 16 nitrogen and oxygen atoms in total. The molecule has 43 heavy (non-hydrogen) atoms. The van der Waals surface area contributed by atoms with Crippen LogP contribution in [-0.4, -0.2) is 91.4 Å². The monoisotopic (exact) mass is 647 g/mol. The maximum absolute atomic E-state index is 16.0. The summed E-state index contributed by atoms with van der Waals surface area (Å²) in [6.45, 7) is 3.21. The molecule has 2 aromatic heterocycles. The number of nitrogens with one attached hydrogen (secondary N) is 2. The van der Waals surface area contributed by atoms with Gasteiger partial charge in [-0.2, -0.15) is 9.97 Å². The number of ether oxygens (including phenoxy) is 3. The third-order valence-electron chi connectivity index (χ3n) is 6.63. The number of nitrogen functional groups attached to an aromatic ring is 1. The smallest absolute Gasteiger partial charge is 0.327 e. The predicted molar refractivity (Wildman–Crippen MR) is 151 cm³/mol. The number of aliphatic hydroxyl groups excluding tert-OH is 1. The van der Waals surface area contributed by atoms with Crippen molar-refractivity contribution in [3.63, 3.8) is 0 Å². The molecule has 3 unspecified atom stereocenters. The minimum Gasteiger partial charge on any atom is -0.476 e. The highest BCUT2D eigenvalue weighted by atomic mass is 32.7. The fraction of sp³-hybridized carbons (Fsp3) is 0.667. The summed E-state index contributed by atoms with van der Waals surface area (Å²) in [5, 5.41) is 15.7. The van der Waals surface area contributed by atoms with Crippen molar-refractivity contribution in [1.29, 1.82) is 0 Å². The highest BCUT2D eigenvalue weighted by Crippen LogP contribution is 2.58. The average molecular weight is 648 g/mol. The number of hydrogen-bond donors (Lipinski definition) is 4. The molecule has 0 spiro atoms. The van der Waals surface area contributed by atoms with Gasteiger partial charge < -0.3 is 29.6 Å². The zero-order chi connectivity index (χ0) is 31.7. The molecule has 2 aromatic rings. The minimum atomic E-state index is -4.04. The normalized spacial score (nSPS) is 27.8. The second-order valence-electron chi connectivity index (χ2n) is 10.5. The third-order valence-corrected chi connectivity index (χ3v) is 10.8. The quantitative estimate of drug-likeness (QED) is 0.137. The van der Waals surface area contributed by atoms with E-state index in [2.05, 4.69) is 25.4 Å². The summed E-state index contributed by atoms with van der Waals surface area (Å²) in [7, 11) is 0. The lowest BCUT2D eigenvalue weighted by molar-refractivity contribution is -0.149. The summed E-state index contributed by atoms with van der Waals surface area (Å²) in [4.78, 5) is 48.4. The topological polar surface area (TPSA) is 219 Å². The number of anilines is 1. The molecule has 0 aromatic carbocycles. The van der Waals surface area contributed by atoms with Gasteiger partial charge in [-0.15, -0.1) is 0 Å². The second kappa shape index (κ2) is 13.0. The lowest BCUT2D eigenvalue weighted by Gasteiger charge is -2.25. The summed E-state index contributed by atoms with van der Waals surface area (Å²) >= 11 is 0.695. The summed E-state index contributed by atoms with van der Waals surface area (Å²) in [5.41, 5.74) is 3.71.